The van der Waals surface area contributed by atoms with Crippen LogP contribution in [-0.4, -0.2) is 50.2 Å². The SMILES string of the molecule is O=C(NCCNC(=O)[C@@H]1CCCN1S(=O)(=O)c1ccccc1)c1ccc(F)cc1. The van der Waals surface area contributed by atoms with Crippen molar-refractivity contribution in [1.29, 1.82) is 0 Å². The van der Waals surface area contributed by atoms with Gasteiger partial charge in [0, 0.05) is 25.2 Å². The lowest BCUT2D eigenvalue weighted by Crippen LogP contribution is -2.47. The van der Waals surface area contributed by atoms with Gasteiger partial charge >= 0.3 is 0 Å². The molecule has 0 aromatic heterocycles. The van der Waals surface area contributed by atoms with Crippen molar-refractivity contribution in [2.24, 2.45) is 0 Å². The molecule has 2 N–H and O–H groups in total. The highest BCUT2D eigenvalue weighted by molar-refractivity contribution is 7.89. The molecule has 3 rings (SSSR count). The topological polar surface area (TPSA) is 95.6 Å². The predicted octanol–water partition coefficient (Wildman–Crippen LogP) is 1.53. The molecule has 1 saturated heterocycles. The van der Waals surface area contributed by atoms with Crippen LogP contribution in [0.2, 0.25) is 0 Å². The number of sulfonamides is 1. The summed E-state index contributed by atoms with van der Waals surface area (Å²) < 4.78 is 39.7. The van der Waals surface area contributed by atoms with E-state index >= 15 is 0 Å². The number of hydrogen-bond acceptors (Lipinski definition) is 4. The van der Waals surface area contributed by atoms with Crippen LogP contribution in [0.4, 0.5) is 4.39 Å². The molecular weight excluding hydrogens is 397 g/mol. The Bertz CT molecular complexity index is 965. The summed E-state index contributed by atoms with van der Waals surface area (Å²) in [7, 11) is -3.74. The lowest BCUT2D eigenvalue weighted by molar-refractivity contribution is -0.124. The van der Waals surface area contributed by atoms with Crippen molar-refractivity contribution in [3.63, 3.8) is 0 Å². The van der Waals surface area contributed by atoms with Crippen LogP contribution in [0.5, 0.6) is 0 Å². The van der Waals surface area contributed by atoms with Crippen LogP contribution in [0.3, 0.4) is 0 Å². The minimum atomic E-state index is -3.74. The summed E-state index contributed by atoms with van der Waals surface area (Å²) in [5.74, 6) is -1.20. The maximum absolute atomic E-state index is 12.9. The van der Waals surface area contributed by atoms with E-state index in [1.807, 2.05) is 0 Å². The fourth-order valence-electron chi connectivity index (χ4n) is 3.20. The van der Waals surface area contributed by atoms with E-state index in [-0.39, 0.29) is 30.4 Å². The number of nitrogens with zero attached hydrogens (tertiary/aromatic N) is 1. The lowest BCUT2D eigenvalue weighted by Gasteiger charge is -2.23. The quantitative estimate of drug-likeness (QED) is 0.666. The number of halogens is 1. The van der Waals surface area contributed by atoms with Crippen molar-refractivity contribution in [2.45, 2.75) is 23.8 Å². The first-order valence-electron chi connectivity index (χ1n) is 9.28. The van der Waals surface area contributed by atoms with E-state index < -0.39 is 27.8 Å². The monoisotopic (exact) mass is 419 g/mol. The molecule has 1 atom stereocenters. The zero-order valence-corrected chi connectivity index (χ0v) is 16.5. The van der Waals surface area contributed by atoms with Crippen LogP contribution >= 0.6 is 0 Å². The van der Waals surface area contributed by atoms with Crippen molar-refractivity contribution < 1.29 is 22.4 Å². The predicted molar refractivity (Wildman–Crippen MR) is 105 cm³/mol. The van der Waals surface area contributed by atoms with E-state index in [0.717, 1.165) is 0 Å². The van der Waals surface area contributed by atoms with Gasteiger partial charge in [0.15, 0.2) is 0 Å². The summed E-state index contributed by atoms with van der Waals surface area (Å²) in [6.45, 7) is 0.609. The van der Waals surface area contributed by atoms with Gasteiger partial charge < -0.3 is 10.6 Å². The Morgan fingerprint density at radius 3 is 2.34 bits per heavy atom. The average molecular weight is 419 g/mol. The molecule has 29 heavy (non-hydrogen) atoms. The Hall–Kier alpha value is -2.78. The summed E-state index contributed by atoms with van der Waals surface area (Å²) >= 11 is 0. The summed E-state index contributed by atoms with van der Waals surface area (Å²) in [5.41, 5.74) is 0.314. The van der Waals surface area contributed by atoms with E-state index in [2.05, 4.69) is 10.6 Å². The van der Waals surface area contributed by atoms with Gasteiger partial charge in [0.25, 0.3) is 5.91 Å². The molecule has 0 unspecified atom stereocenters. The van der Waals surface area contributed by atoms with E-state index in [4.69, 9.17) is 0 Å². The first kappa shape index (κ1) is 20.9. The maximum atomic E-state index is 12.9. The molecule has 0 aliphatic carbocycles. The molecule has 7 nitrogen and oxygen atoms in total. The maximum Gasteiger partial charge on any atom is 0.251 e. The van der Waals surface area contributed by atoms with Crippen molar-refractivity contribution in [3.8, 4) is 0 Å². The Balaban J connectivity index is 1.52. The second-order valence-electron chi connectivity index (χ2n) is 6.64. The minimum absolute atomic E-state index is 0.154. The Morgan fingerprint density at radius 2 is 1.66 bits per heavy atom. The fraction of sp³-hybridized carbons (Fsp3) is 0.300. The number of hydrogen-bond donors (Lipinski definition) is 2. The van der Waals surface area contributed by atoms with Gasteiger partial charge in [-0.25, -0.2) is 12.8 Å². The first-order valence-corrected chi connectivity index (χ1v) is 10.7. The zero-order valence-electron chi connectivity index (χ0n) is 15.7. The molecule has 0 saturated carbocycles. The van der Waals surface area contributed by atoms with Crippen molar-refractivity contribution in [3.05, 3.63) is 66.0 Å². The molecule has 0 spiro atoms. The smallest absolute Gasteiger partial charge is 0.251 e. The highest BCUT2D eigenvalue weighted by Gasteiger charge is 2.39. The van der Waals surface area contributed by atoms with Crippen molar-refractivity contribution >= 4 is 21.8 Å². The molecule has 9 heteroatoms. The molecule has 2 amide bonds. The van der Waals surface area contributed by atoms with Gasteiger partial charge in [0.05, 0.1) is 4.90 Å². The molecular formula is C20H22FN3O4S. The summed E-state index contributed by atoms with van der Waals surface area (Å²) in [5, 5.41) is 5.30. The number of carbonyl (C=O) groups is 2. The van der Waals surface area contributed by atoms with E-state index in [1.54, 1.807) is 18.2 Å². The van der Waals surface area contributed by atoms with E-state index in [9.17, 15) is 22.4 Å². The Labute approximate surface area is 169 Å². The summed E-state index contributed by atoms with van der Waals surface area (Å²) in [4.78, 5) is 24.6. The first-order chi connectivity index (χ1) is 13.9. The van der Waals surface area contributed by atoms with Gasteiger partial charge in [-0.1, -0.05) is 18.2 Å². The zero-order chi connectivity index (χ0) is 20.9. The van der Waals surface area contributed by atoms with Crippen LogP contribution in [-0.2, 0) is 14.8 Å². The van der Waals surface area contributed by atoms with Gasteiger partial charge in [0.1, 0.15) is 11.9 Å². The molecule has 154 valence electrons. The highest BCUT2D eigenvalue weighted by atomic mass is 32.2. The van der Waals surface area contributed by atoms with E-state index in [1.165, 1.54) is 40.7 Å². The number of benzene rings is 2. The van der Waals surface area contributed by atoms with Crippen LogP contribution in [0, 0.1) is 5.82 Å². The lowest BCUT2D eigenvalue weighted by atomic mass is 10.2. The molecule has 0 bridgehead atoms. The third-order valence-electron chi connectivity index (χ3n) is 4.67. The standard InChI is InChI=1S/C20H22FN3O4S/c21-16-10-8-15(9-11-16)19(25)22-12-13-23-20(26)18-7-4-14-24(18)29(27,28)17-5-2-1-3-6-17/h1-3,5-6,8-11,18H,4,7,12-14H2,(H,22,25)(H,23,26)/t18-/m0/s1. The largest absolute Gasteiger partial charge is 0.353 e. The Kier molecular flexibility index (Phi) is 6.60. The van der Waals surface area contributed by atoms with Gasteiger partial charge in [-0.15, -0.1) is 0 Å². The molecule has 1 aliphatic heterocycles. The number of carbonyl (C=O) groups excluding carboxylic acids is 2. The third kappa shape index (κ3) is 4.99. The fourth-order valence-corrected chi connectivity index (χ4v) is 4.88. The molecule has 2 aromatic rings. The molecule has 1 fully saturated rings. The van der Waals surface area contributed by atoms with Gasteiger partial charge in [-0.05, 0) is 49.2 Å². The second kappa shape index (κ2) is 9.15. The summed E-state index contributed by atoms with van der Waals surface area (Å²) in [6, 6.07) is 12.4. The van der Waals surface area contributed by atoms with Crippen LogP contribution < -0.4 is 10.6 Å². The van der Waals surface area contributed by atoms with Crippen LogP contribution in [0.1, 0.15) is 23.2 Å². The van der Waals surface area contributed by atoms with Gasteiger partial charge in [0.2, 0.25) is 15.9 Å². The Morgan fingerprint density at radius 1 is 1.00 bits per heavy atom. The highest BCUT2D eigenvalue weighted by Crippen LogP contribution is 2.26. The van der Waals surface area contributed by atoms with E-state index in [0.29, 0.717) is 18.4 Å². The average Bonchev–Trinajstić information content (AvgIpc) is 3.23. The van der Waals surface area contributed by atoms with Gasteiger partial charge in [-0.2, -0.15) is 4.31 Å². The molecule has 1 heterocycles. The number of nitrogens with one attached hydrogen (secondary N) is 2. The van der Waals surface area contributed by atoms with Crippen LogP contribution in [0.15, 0.2) is 59.5 Å². The molecule has 2 aromatic carbocycles. The molecule has 1 aliphatic rings. The van der Waals surface area contributed by atoms with Crippen LogP contribution in [0.25, 0.3) is 0 Å². The minimum Gasteiger partial charge on any atom is -0.353 e. The second-order valence-corrected chi connectivity index (χ2v) is 8.53. The number of amides is 2. The third-order valence-corrected chi connectivity index (χ3v) is 6.59. The number of rotatable bonds is 7. The van der Waals surface area contributed by atoms with Crippen molar-refractivity contribution in [2.75, 3.05) is 19.6 Å². The normalized spacial score (nSPS) is 17.1. The van der Waals surface area contributed by atoms with Crippen molar-refractivity contribution in [1.82, 2.24) is 14.9 Å². The van der Waals surface area contributed by atoms with Gasteiger partial charge in [-0.3, -0.25) is 9.59 Å². The molecule has 0 radical (unpaired) electrons. The summed E-state index contributed by atoms with van der Waals surface area (Å²) in [6.07, 6.45) is 1.05.